The van der Waals surface area contributed by atoms with Crippen molar-refractivity contribution in [3.63, 3.8) is 0 Å². The average Bonchev–Trinajstić information content (AvgIpc) is 2.69. The van der Waals surface area contributed by atoms with Crippen LogP contribution >= 0.6 is 0 Å². The van der Waals surface area contributed by atoms with E-state index in [0.29, 0.717) is 13.0 Å². The van der Waals surface area contributed by atoms with Crippen LogP contribution in [0.15, 0.2) is 0 Å². The summed E-state index contributed by atoms with van der Waals surface area (Å²) in [6.45, 7) is 5.87. The molecule has 1 aliphatic heterocycles. The third kappa shape index (κ3) is 4.34. The summed E-state index contributed by atoms with van der Waals surface area (Å²) in [5.41, 5.74) is 5.65. The molecule has 17 heavy (non-hydrogen) atoms. The van der Waals surface area contributed by atoms with E-state index >= 15 is 0 Å². The zero-order chi connectivity index (χ0) is 12.8. The van der Waals surface area contributed by atoms with Crippen molar-refractivity contribution in [1.82, 2.24) is 10.2 Å². The predicted octanol–water partition coefficient (Wildman–Crippen LogP) is 0.0984. The highest BCUT2D eigenvalue weighted by Gasteiger charge is 2.19. The monoisotopic (exact) mass is 241 g/mol. The highest BCUT2D eigenvalue weighted by atomic mass is 16.2. The van der Waals surface area contributed by atoms with Crippen LogP contribution in [0, 0.1) is 5.92 Å². The molecule has 2 amide bonds. The van der Waals surface area contributed by atoms with Crippen molar-refractivity contribution in [3.05, 3.63) is 0 Å². The Bertz CT molecular complexity index is 279. The smallest absolute Gasteiger partial charge is 0.224 e. The summed E-state index contributed by atoms with van der Waals surface area (Å²) in [5, 5.41) is 2.85. The van der Waals surface area contributed by atoms with Crippen LogP contribution in [-0.2, 0) is 9.59 Å². The Kier molecular flexibility index (Phi) is 5.41. The molecule has 5 heteroatoms. The molecule has 0 aromatic rings. The Labute approximate surface area is 103 Å². The number of hydrogen-bond donors (Lipinski definition) is 2. The first-order valence-corrected chi connectivity index (χ1v) is 6.33. The Morgan fingerprint density at radius 1 is 1.53 bits per heavy atom. The zero-order valence-electron chi connectivity index (χ0n) is 10.7. The van der Waals surface area contributed by atoms with Gasteiger partial charge in [0, 0.05) is 38.0 Å². The molecule has 1 rings (SSSR count). The molecule has 5 nitrogen and oxygen atoms in total. The Morgan fingerprint density at radius 2 is 2.24 bits per heavy atom. The van der Waals surface area contributed by atoms with Gasteiger partial charge in [-0.15, -0.1) is 0 Å². The lowest BCUT2D eigenvalue weighted by Gasteiger charge is -2.17. The van der Waals surface area contributed by atoms with Gasteiger partial charge >= 0.3 is 0 Å². The first kappa shape index (κ1) is 14.0. The molecule has 0 saturated carbocycles. The van der Waals surface area contributed by atoms with E-state index in [1.54, 1.807) is 0 Å². The summed E-state index contributed by atoms with van der Waals surface area (Å²) >= 11 is 0. The van der Waals surface area contributed by atoms with E-state index in [1.807, 2.05) is 18.7 Å². The van der Waals surface area contributed by atoms with Crippen molar-refractivity contribution in [3.8, 4) is 0 Å². The summed E-state index contributed by atoms with van der Waals surface area (Å²) < 4.78 is 0. The average molecular weight is 241 g/mol. The third-order valence-corrected chi connectivity index (χ3v) is 3.28. The molecular weight excluding hydrogens is 218 g/mol. The standard InChI is InChI=1S/C12H23N3O2/c1-9(10(2)13)12(17)14-6-4-8-15-7-3-5-11(15)16/h9-10H,3-8,13H2,1-2H3,(H,14,17). The molecular formula is C12H23N3O2. The van der Waals surface area contributed by atoms with Crippen LogP contribution in [0.4, 0.5) is 0 Å². The van der Waals surface area contributed by atoms with Gasteiger partial charge in [0.05, 0.1) is 0 Å². The Balaban J connectivity index is 2.11. The van der Waals surface area contributed by atoms with Gasteiger partial charge in [0.25, 0.3) is 0 Å². The normalized spacial score (nSPS) is 19.2. The topological polar surface area (TPSA) is 75.4 Å². The molecule has 2 unspecified atom stereocenters. The molecule has 0 radical (unpaired) electrons. The Morgan fingerprint density at radius 3 is 2.76 bits per heavy atom. The SMILES string of the molecule is CC(N)C(C)C(=O)NCCCN1CCCC1=O. The van der Waals surface area contributed by atoms with E-state index < -0.39 is 0 Å². The van der Waals surface area contributed by atoms with Gasteiger partial charge in [-0.1, -0.05) is 6.92 Å². The molecule has 1 heterocycles. The number of carbonyl (C=O) groups is 2. The van der Waals surface area contributed by atoms with Crippen LogP contribution in [-0.4, -0.2) is 42.4 Å². The minimum atomic E-state index is -0.164. The fourth-order valence-corrected chi connectivity index (χ4v) is 1.82. The van der Waals surface area contributed by atoms with E-state index in [9.17, 15) is 9.59 Å². The highest BCUT2D eigenvalue weighted by Crippen LogP contribution is 2.09. The number of amides is 2. The number of rotatable bonds is 6. The summed E-state index contributed by atoms with van der Waals surface area (Å²) in [4.78, 5) is 24.8. The number of nitrogens with one attached hydrogen (secondary N) is 1. The predicted molar refractivity (Wildman–Crippen MR) is 66.3 cm³/mol. The minimum absolute atomic E-state index is 0.00671. The highest BCUT2D eigenvalue weighted by molar-refractivity contribution is 5.79. The lowest BCUT2D eigenvalue weighted by molar-refractivity contribution is -0.127. The molecule has 0 aromatic carbocycles. The number of nitrogens with two attached hydrogens (primary N) is 1. The minimum Gasteiger partial charge on any atom is -0.356 e. The maximum absolute atomic E-state index is 11.6. The quantitative estimate of drug-likeness (QED) is 0.648. The van der Waals surface area contributed by atoms with Crippen LogP contribution in [0.25, 0.3) is 0 Å². The maximum atomic E-state index is 11.6. The van der Waals surface area contributed by atoms with Crippen LogP contribution in [0.1, 0.15) is 33.1 Å². The molecule has 1 aliphatic rings. The molecule has 0 aliphatic carbocycles. The number of nitrogens with zero attached hydrogens (tertiary/aromatic N) is 1. The Hall–Kier alpha value is -1.10. The van der Waals surface area contributed by atoms with Crippen molar-refractivity contribution < 1.29 is 9.59 Å². The second-order valence-corrected chi connectivity index (χ2v) is 4.78. The molecule has 98 valence electrons. The van der Waals surface area contributed by atoms with Gasteiger partial charge in [-0.3, -0.25) is 9.59 Å². The van der Waals surface area contributed by atoms with E-state index in [-0.39, 0.29) is 23.8 Å². The van der Waals surface area contributed by atoms with Crippen LogP contribution in [0.2, 0.25) is 0 Å². The largest absolute Gasteiger partial charge is 0.356 e. The first-order valence-electron chi connectivity index (χ1n) is 6.33. The van der Waals surface area contributed by atoms with Crippen molar-refractivity contribution in [2.45, 2.75) is 39.2 Å². The third-order valence-electron chi connectivity index (χ3n) is 3.28. The summed E-state index contributed by atoms with van der Waals surface area (Å²) in [6, 6.07) is -0.129. The van der Waals surface area contributed by atoms with Gasteiger partial charge in [0.2, 0.25) is 11.8 Å². The fourth-order valence-electron chi connectivity index (χ4n) is 1.82. The van der Waals surface area contributed by atoms with Crippen LogP contribution < -0.4 is 11.1 Å². The van der Waals surface area contributed by atoms with Crippen LogP contribution in [0.3, 0.4) is 0 Å². The first-order chi connectivity index (χ1) is 8.02. The summed E-state index contributed by atoms with van der Waals surface area (Å²) in [5.74, 6) is 0.0662. The molecule has 2 atom stereocenters. The fraction of sp³-hybridized carbons (Fsp3) is 0.833. The number of likely N-dealkylation sites (tertiary alicyclic amines) is 1. The zero-order valence-corrected chi connectivity index (χ0v) is 10.7. The van der Waals surface area contributed by atoms with Gasteiger partial charge in [-0.25, -0.2) is 0 Å². The van der Waals surface area contributed by atoms with Crippen LogP contribution in [0.5, 0.6) is 0 Å². The van der Waals surface area contributed by atoms with Crippen molar-refractivity contribution in [1.29, 1.82) is 0 Å². The molecule has 1 saturated heterocycles. The molecule has 0 aromatic heterocycles. The summed E-state index contributed by atoms with van der Waals surface area (Å²) in [6.07, 6.45) is 2.45. The second-order valence-electron chi connectivity index (χ2n) is 4.78. The molecule has 1 fully saturated rings. The number of carbonyl (C=O) groups excluding carboxylic acids is 2. The van der Waals surface area contributed by atoms with Gasteiger partial charge in [0.15, 0.2) is 0 Å². The number of hydrogen-bond acceptors (Lipinski definition) is 3. The van der Waals surface area contributed by atoms with E-state index in [1.165, 1.54) is 0 Å². The second kappa shape index (κ2) is 6.59. The van der Waals surface area contributed by atoms with Crippen molar-refractivity contribution >= 4 is 11.8 Å². The molecule has 0 bridgehead atoms. The lowest BCUT2D eigenvalue weighted by Crippen LogP contribution is -2.39. The lowest BCUT2D eigenvalue weighted by atomic mass is 10.0. The van der Waals surface area contributed by atoms with E-state index in [4.69, 9.17) is 5.73 Å². The molecule has 0 spiro atoms. The van der Waals surface area contributed by atoms with Gasteiger partial charge < -0.3 is 16.0 Å². The maximum Gasteiger partial charge on any atom is 0.224 e. The van der Waals surface area contributed by atoms with E-state index in [2.05, 4.69) is 5.32 Å². The van der Waals surface area contributed by atoms with E-state index in [0.717, 1.165) is 25.9 Å². The van der Waals surface area contributed by atoms with Crippen molar-refractivity contribution in [2.75, 3.05) is 19.6 Å². The van der Waals surface area contributed by atoms with Crippen molar-refractivity contribution in [2.24, 2.45) is 11.7 Å². The van der Waals surface area contributed by atoms with Gasteiger partial charge in [-0.05, 0) is 19.8 Å². The van der Waals surface area contributed by atoms with Gasteiger partial charge in [-0.2, -0.15) is 0 Å². The summed E-state index contributed by atoms with van der Waals surface area (Å²) in [7, 11) is 0. The molecule has 3 N–H and O–H groups in total. The van der Waals surface area contributed by atoms with Gasteiger partial charge in [0.1, 0.15) is 0 Å².